The Morgan fingerprint density at radius 1 is 1.64 bits per heavy atom. The molecule has 0 aliphatic carbocycles. The Bertz CT molecular complexity index is 204. The van der Waals surface area contributed by atoms with Gasteiger partial charge in [-0.15, -0.1) is 0 Å². The van der Waals surface area contributed by atoms with Gasteiger partial charge < -0.3 is 14.5 Å². The van der Waals surface area contributed by atoms with E-state index < -0.39 is 0 Å². The number of nitrogens with one attached hydrogen (secondary N) is 1. The van der Waals surface area contributed by atoms with Crippen LogP contribution in [0.15, 0.2) is 17.0 Å². The lowest BCUT2D eigenvalue weighted by Crippen LogP contribution is -2.33. The van der Waals surface area contributed by atoms with Crippen LogP contribution in [0.2, 0.25) is 0 Å². The van der Waals surface area contributed by atoms with Gasteiger partial charge in [0.2, 0.25) is 0 Å². The van der Waals surface area contributed by atoms with Gasteiger partial charge in [-0.25, -0.2) is 4.98 Å². The molecule has 0 bridgehead atoms. The highest BCUT2D eigenvalue weighted by Crippen LogP contribution is 2.16. The molecule has 0 aromatic carbocycles. The van der Waals surface area contributed by atoms with E-state index in [-0.39, 0.29) is 6.10 Å². The van der Waals surface area contributed by atoms with E-state index in [2.05, 4.69) is 10.3 Å². The van der Waals surface area contributed by atoms with E-state index in [1.165, 1.54) is 6.39 Å². The highest BCUT2D eigenvalue weighted by molar-refractivity contribution is 4.96. The largest absolute Gasteiger partial charge is 0.446 e. The normalized spacial score (nSPS) is 25.3. The van der Waals surface area contributed by atoms with Crippen LogP contribution >= 0.6 is 0 Å². The standard InChI is InChI=1S/C7H10N2O2/c1-2-10-6(3-8-1)7-4-9-5-11-7/h4-6,8H,1-3H2/t6-/m0/s1. The van der Waals surface area contributed by atoms with Crippen LogP contribution in [-0.2, 0) is 4.74 Å². The van der Waals surface area contributed by atoms with E-state index in [0.717, 1.165) is 25.5 Å². The van der Waals surface area contributed by atoms with Crippen molar-refractivity contribution in [1.82, 2.24) is 10.3 Å². The summed E-state index contributed by atoms with van der Waals surface area (Å²) in [6.45, 7) is 2.48. The summed E-state index contributed by atoms with van der Waals surface area (Å²) in [5, 5.41) is 3.21. The van der Waals surface area contributed by atoms with Crippen LogP contribution in [0.4, 0.5) is 0 Å². The number of morpholine rings is 1. The summed E-state index contributed by atoms with van der Waals surface area (Å²) in [5.41, 5.74) is 0. The van der Waals surface area contributed by atoms with E-state index in [1.54, 1.807) is 6.20 Å². The van der Waals surface area contributed by atoms with E-state index >= 15 is 0 Å². The van der Waals surface area contributed by atoms with Gasteiger partial charge in [0.25, 0.3) is 0 Å². The molecule has 1 saturated heterocycles. The number of hydrogen-bond donors (Lipinski definition) is 1. The van der Waals surface area contributed by atoms with Gasteiger partial charge in [0.1, 0.15) is 6.10 Å². The first-order chi connectivity index (χ1) is 5.47. The van der Waals surface area contributed by atoms with Crippen LogP contribution in [0.5, 0.6) is 0 Å². The fraction of sp³-hybridized carbons (Fsp3) is 0.571. The van der Waals surface area contributed by atoms with E-state index in [1.807, 2.05) is 0 Å². The van der Waals surface area contributed by atoms with Crippen LogP contribution < -0.4 is 5.32 Å². The molecule has 1 aliphatic rings. The Kier molecular flexibility index (Phi) is 1.87. The monoisotopic (exact) mass is 154 g/mol. The fourth-order valence-electron chi connectivity index (χ4n) is 1.13. The number of ether oxygens (including phenoxy) is 1. The molecule has 4 heteroatoms. The summed E-state index contributed by atoms with van der Waals surface area (Å²) in [7, 11) is 0. The summed E-state index contributed by atoms with van der Waals surface area (Å²) in [5.74, 6) is 0.803. The summed E-state index contributed by atoms with van der Waals surface area (Å²) < 4.78 is 10.5. The molecule has 2 heterocycles. The van der Waals surface area contributed by atoms with E-state index in [9.17, 15) is 0 Å². The predicted octanol–water partition coefficient (Wildman–Crippen LogP) is 0.335. The highest BCUT2D eigenvalue weighted by Gasteiger charge is 2.17. The Labute approximate surface area is 64.6 Å². The van der Waals surface area contributed by atoms with Gasteiger partial charge in [-0.1, -0.05) is 0 Å². The third-order valence-electron chi connectivity index (χ3n) is 1.70. The third kappa shape index (κ3) is 1.41. The first-order valence-corrected chi connectivity index (χ1v) is 3.67. The minimum absolute atomic E-state index is 0.0475. The zero-order valence-electron chi connectivity index (χ0n) is 6.12. The Morgan fingerprint density at radius 3 is 3.27 bits per heavy atom. The lowest BCUT2D eigenvalue weighted by molar-refractivity contribution is 0.0143. The second-order valence-corrected chi connectivity index (χ2v) is 2.47. The topological polar surface area (TPSA) is 47.3 Å². The highest BCUT2D eigenvalue weighted by atomic mass is 16.5. The zero-order valence-corrected chi connectivity index (χ0v) is 6.12. The van der Waals surface area contributed by atoms with Gasteiger partial charge in [0, 0.05) is 13.1 Å². The Morgan fingerprint density at radius 2 is 2.64 bits per heavy atom. The molecule has 1 aromatic heterocycles. The van der Waals surface area contributed by atoms with Crippen molar-refractivity contribution in [3.63, 3.8) is 0 Å². The number of aromatic nitrogens is 1. The van der Waals surface area contributed by atoms with Crippen molar-refractivity contribution in [2.24, 2.45) is 0 Å². The van der Waals surface area contributed by atoms with Crippen LogP contribution in [0, 0.1) is 0 Å². The maximum absolute atomic E-state index is 5.43. The van der Waals surface area contributed by atoms with Crippen LogP contribution in [0.3, 0.4) is 0 Å². The summed E-state index contributed by atoms with van der Waals surface area (Å²) in [6.07, 6.45) is 3.16. The predicted molar refractivity (Wildman–Crippen MR) is 38.1 cm³/mol. The molecule has 1 aromatic rings. The van der Waals surface area contributed by atoms with Crippen LogP contribution in [0.25, 0.3) is 0 Å². The fourth-order valence-corrected chi connectivity index (χ4v) is 1.13. The smallest absolute Gasteiger partial charge is 0.180 e. The van der Waals surface area contributed by atoms with Gasteiger partial charge in [0.05, 0.1) is 12.8 Å². The third-order valence-corrected chi connectivity index (χ3v) is 1.70. The van der Waals surface area contributed by atoms with Crippen molar-refractivity contribution in [3.8, 4) is 0 Å². The molecule has 0 amide bonds. The average Bonchev–Trinajstić information content (AvgIpc) is 2.58. The maximum atomic E-state index is 5.43. The van der Waals surface area contributed by atoms with Crippen molar-refractivity contribution in [2.75, 3.05) is 19.7 Å². The minimum Gasteiger partial charge on any atom is -0.446 e. The van der Waals surface area contributed by atoms with Gasteiger partial charge in [-0.2, -0.15) is 0 Å². The summed E-state index contributed by atoms with van der Waals surface area (Å²) in [4.78, 5) is 3.82. The molecular weight excluding hydrogens is 144 g/mol. The second-order valence-electron chi connectivity index (χ2n) is 2.47. The molecular formula is C7H10N2O2. The first kappa shape index (κ1) is 6.82. The minimum atomic E-state index is 0.0475. The molecule has 1 aliphatic heterocycles. The summed E-state index contributed by atoms with van der Waals surface area (Å²) >= 11 is 0. The Hall–Kier alpha value is -0.870. The van der Waals surface area contributed by atoms with E-state index in [0.29, 0.717) is 0 Å². The van der Waals surface area contributed by atoms with Gasteiger partial charge >= 0.3 is 0 Å². The maximum Gasteiger partial charge on any atom is 0.180 e. The van der Waals surface area contributed by atoms with Crippen molar-refractivity contribution >= 4 is 0 Å². The second kappa shape index (κ2) is 3.02. The number of rotatable bonds is 1. The van der Waals surface area contributed by atoms with Crippen molar-refractivity contribution in [2.45, 2.75) is 6.10 Å². The average molecular weight is 154 g/mol. The molecule has 1 N–H and O–H groups in total. The lowest BCUT2D eigenvalue weighted by atomic mass is 10.2. The molecule has 4 nitrogen and oxygen atoms in total. The molecule has 1 atom stereocenters. The van der Waals surface area contributed by atoms with Crippen LogP contribution in [-0.4, -0.2) is 24.7 Å². The number of nitrogens with zero attached hydrogens (tertiary/aromatic N) is 1. The molecule has 2 rings (SSSR count). The summed E-state index contributed by atoms with van der Waals surface area (Å²) in [6, 6.07) is 0. The molecule has 60 valence electrons. The van der Waals surface area contributed by atoms with Gasteiger partial charge in [-0.05, 0) is 0 Å². The van der Waals surface area contributed by atoms with Crippen molar-refractivity contribution in [1.29, 1.82) is 0 Å². The van der Waals surface area contributed by atoms with Crippen LogP contribution in [0.1, 0.15) is 11.9 Å². The van der Waals surface area contributed by atoms with Crippen molar-refractivity contribution in [3.05, 3.63) is 18.4 Å². The SMILES string of the molecule is c1ncc([C@@H]2CNCCO2)o1. The van der Waals surface area contributed by atoms with E-state index in [4.69, 9.17) is 9.15 Å². The van der Waals surface area contributed by atoms with Crippen molar-refractivity contribution < 1.29 is 9.15 Å². The molecule has 0 unspecified atom stereocenters. The first-order valence-electron chi connectivity index (χ1n) is 3.67. The molecule has 1 fully saturated rings. The molecule has 11 heavy (non-hydrogen) atoms. The number of oxazole rings is 1. The quantitative estimate of drug-likeness (QED) is 0.633. The zero-order chi connectivity index (χ0) is 7.52. The Balaban J connectivity index is 2.04. The molecule has 0 saturated carbocycles. The van der Waals surface area contributed by atoms with Gasteiger partial charge in [-0.3, -0.25) is 0 Å². The number of hydrogen-bond acceptors (Lipinski definition) is 4. The van der Waals surface area contributed by atoms with Gasteiger partial charge in [0.15, 0.2) is 12.2 Å². The molecule has 0 radical (unpaired) electrons. The lowest BCUT2D eigenvalue weighted by Gasteiger charge is -2.20. The molecule has 0 spiro atoms.